The van der Waals surface area contributed by atoms with Crippen molar-refractivity contribution in [2.45, 2.75) is 44.8 Å². The highest BCUT2D eigenvalue weighted by atomic mass is 19.2. The quantitative estimate of drug-likeness (QED) is 0.506. The summed E-state index contributed by atoms with van der Waals surface area (Å²) >= 11 is 0. The lowest BCUT2D eigenvalue weighted by atomic mass is 9.91. The first-order chi connectivity index (χ1) is 13.5. The molecular weight excluding hydrogens is 365 g/mol. The summed E-state index contributed by atoms with van der Waals surface area (Å²) in [5.41, 5.74) is 0.927. The number of ether oxygens (including phenoxy) is 2. The van der Waals surface area contributed by atoms with Crippen LogP contribution in [0, 0.1) is 17.5 Å². The van der Waals surface area contributed by atoms with Gasteiger partial charge in [-0.15, -0.1) is 0 Å². The van der Waals surface area contributed by atoms with Crippen LogP contribution >= 0.6 is 0 Å². The summed E-state index contributed by atoms with van der Waals surface area (Å²) in [5.74, 6) is -2.50. The summed E-state index contributed by atoms with van der Waals surface area (Å²) in [4.78, 5) is 0. The molecule has 3 rings (SSSR count). The SMILES string of the molecule is C=Cc1ccc(-c2ccc(C3CCC(OCCCC)OC3)c(F)c2)c(F)c1F. The van der Waals surface area contributed by atoms with Crippen molar-refractivity contribution in [3.63, 3.8) is 0 Å². The van der Waals surface area contributed by atoms with Crippen LogP contribution in [-0.4, -0.2) is 19.5 Å². The first kappa shape index (κ1) is 20.6. The smallest absolute Gasteiger partial charge is 0.167 e. The molecule has 28 heavy (non-hydrogen) atoms. The zero-order valence-corrected chi connectivity index (χ0v) is 16.0. The van der Waals surface area contributed by atoms with Crippen molar-refractivity contribution in [3.8, 4) is 11.1 Å². The molecule has 0 spiro atoms. The second kappa shape index (κ2) is 9.39. The summed E-state index contributed by atoms with van der Waals surface area (Å²) in [6, 6.07) is 7.38. The third-order valence-electron chi connectivity index (χ3n) is 5.12. The molecule has 2 nitrogen and oxygen atoms in total. The van der Waals surface area contributed by atoms with Crippen LogP contribution in [0.5, 0.6) is 0 Å². The molecule has 1 aliphatic rings. The molecule has 0 aromatic heterocycles. The van der Waals surface area contributed by atoms with Crippen LogP contribution in [0.2, 0.25) is 0 Å². The second-order valence-electron chi connectivity index (χ2n) is 7.03. The van der Waals surface area contributed by atoms with Crippen LogP contribution in [0.4, 0.5) is 13.2 Å². The third kappa shape index (κ3) is 4.47. The van der Waals surface area contributed by atoms with Crippen LogP contribution in [0.1, 0.15) is 49.7 Å². The molecule has 0 aliphatic carbocycles. The molecule has 2 aromatic rings. The lowest BCUT2D eigenvalue weighted by molar-refractivity contribution is -0.167. The van der Waals surface area contributed by atoms with Crippen LogP contribution in [0.25, 0.3) is 17.2 Å². The third-order valence-corrected chi connectivity index (χ3v) is 5.12. The molecule has 1 fully saturated rings. The Morgan fingerprint density at radius 2 is 1.96 bits per heavy atom. The van der Waals surface area contributed by atoms with Gasteiger partial charge in [0.2, 0.25) is 0 Å². The maximum Gasteiger partial charge on any atom is 0.167 e. The Labute approximate surface area is 164 Å². The van der Waals surface area contributed by atoms with E-state index in [1.54, 1.807) is 12.1 Å². The number of rotatable bonds is 7. The van der Waals surface area contributed by atoms with Gasteiger partial charge >= 0.3 is 0 Å². The van der Waals surface area contributed by atoms with E-state index in [1.165, 1.54) is 24.3 Å². The van der Waals surface area contributed by atoms with Crippen molar-refractivity contribution in [3.05, 3.63) is 65.5 Å². The van der Waals surface area contributed by atoms with E-state index in [9.17, 15) is 13.2 Å². The van der Waals surface area contributed by atoms with Gasteiger partial charge in [0.15, 0.2) is 17.9 Å². The summed E-state index contributed by atoms with van der Waals surface area (Å²) in [5, 5.41) is 0. The molecule has 0 saturated carbocycles. The fourth-order valence-electron chi connectivity index (χ4n) is 3.43. The summed E-state index contributed by atoms with van der Waals surface area (Å²) < 4.78 is 54.4. The topological polar surface area (TPSA) is 18.5 Å². The number of halogens is 3. The molecule has 2 unspecified atom stereocenters. The maximum absolute atomic E-state index is 14.7. The summed E-state index contributed by atoms with van der Waals surface area (Å²) in [6.07, 6.45) is 4.53. The van der Waals surface area contributed by atoms with Crippen molar-refractivity contribution in [2.24, 2.45) is 0 Å². The maximum atomic E-state index is 14.7. The Balaban J connectivity index is 1.72. The predicted octanol–water partition coefficient (Wildman–Crippen LogP) is 6.45. The molecule has 0 radical (unpaired) electrons. The first-order valence-electron chi connectivity index (χ1n) is 9.68. The van der Waals surface area contributed by atoms with Gasteiger partial charge in [-0.2, -0.15) is 0 Å². The minimum atomic E-state index is -1.00. The Hall–Kier alpha value is -2.11. The van der Waals surface area contributed by atoms with Crippen LogP contribution in [-0.2, 0) is 9.47 Å². The Bertz CT molecular complexity index is 827. The van der Waals surface area contributed by atoms with Gasteiger partial charge < -0.3 is 9.47 Å². The van der Waals surface area contributed by atoms with Crippen LogP contribution in [0.15, 0.2) is 36.9 Å². The molecule has 1 heterocycles. The van der Waals surface area contributed by atoms with E-state index in [0.717, 1.165) is 19.3 Å². The largest absolute Gasteiger partial charge is 0.353 e. The normalized spacial score (nSPS) is 19.6. The molecule has 0 N–H and O–H groups in total. The van der Waals surface area contributed by atoms with E-state index >= 15 is 0 Å². The van der Waals surface area contributed by atoms with E-state index in [0.29, 0.717) is 30.8 Å². The van der Waals surface area contributed by atoms with E-state index in [-0.39, 0.29) is 23.3 Å². The molecule has 150 valence electrons. The highest BCUT2D eigenvalue weighted by Crippen LogP contribution is 2.33. The van der Waals surface area contributed by atoms with Crippen molar-refractivity contribution >= 4 is 6.08 Å². The average Bonchev–Trinajstić information content (AvgIpc) is 2.71. The zero-order valence-electron chi connectivity index (χ0n) is 16.0. The summed E-state index contributed by atoms with van der Waals surface area (Å²) in [7, 11) is 0. The fraction of sp³-hybridized carbons (Fsp3) is 0.391. The van der Waals surface area contributed by atoms with Gasteiger partial charge in [0.05, 0.1) is 6.61 Å². The van der Waals surface area contributed by atoms with Crippen molar-refractivity contribution in [2.75, 3.05) is 13.2 Å². The van der Waals surface area contributed by atoms with Crippen LogP contribution < -0.4 is 0 Å². The number of hydrogen-bond donors (Lipinski definition) is 0. The standard InChI is InChI=1S/C23H25F3O2/c1-3-5-12-27-21-11-8-17(14-28-21)18-9-7-16(13-20(18)24)19-10-6-15(4-2)22(25)23(19)26/h4,6-7,9-10,13,17,21H,2-3,5,8,11-12,14H2,1H3. The van der Waals surface area contributed by atoms with Gasteiger partial charge in [-0.1, -0.05) is 50.3 Å². The van der Waals surface area contributed by atoms with Gasteiger partial charge in [0, 0.05) is 23.7 Å². The highest BCUT2D eigenvalue weighted by molar-refractivity contribution is 5.67. The minimum absolute atomic E-state index is 0.0258. The predicted molar refractivity (Wildman–Crippen MR) is 104 cm³/mol. The zero-order chi connectivity index (χ0) is 20.1. The molecule has 1 aliphatic heterocycles. The number of benzene rings is 2. The van der Waals surface area contributed by atoms with Gasteiger partial charge in [-0.25, -0.2) is 13.2 Å². The molecule has 1 saturated heterocycles. The molecule has 5 heteroatoms. The number of hydrogen-bond acceptors (Lipinski definition) is 2. The molecule has 0 amide bonds. The van der Waals surface area contributed by atoms with Crippen molar-refractivity contribution in [1.29, 1.82) is 0 Å². The van der Waals surface area contributed by atoms with E-state index in [1.807, 2.05) is 0 Å². The summed E-state index contributed by atoms with van der Waals surface area (Å²) in [6.45, 7) is 6.60. The van der Waals surface area contributed by atoms with Gasteiger partial charge in [-0.3, -0.25) is 0 Å². The average molecular weight is 390 g/mol. The molecule has 2 atom stereocenters. The monoisotopic (exact) mass is 390 g/mol. The van der Waals surface area contributed by atoms with Crippen LogP contribution in [0.3, 0.4) is 0 Å². The molecule has 0 bridgehead atoms. The lowest BCUT2D eigenvalue weighted by Gasteiger charge is -2.29. The van der Waals surface area contributed by atoms with E-state index in [4.69, 9.17) is 9.47 Å². The first-order valence-corrected chi connectivity index (χ1v) is 9.68. The molecule has 2 aromatic carbocycles. The Morgan fingerprint density at radius 3 is 2.61 bits per heavy atom. The molecular formula is C23H25F3O2. The Morgan fingerprint density at radius 1 is 1.14 bits per heavy atom. The van der Waals surface area contributed by atoms with E-state index < -0.39 is 17.5 Å². The van der Waals surface area contributed by atoms with Gasteiger partial charge in [0.1, 0.15) is 5.82 Å². The fourth-order valence-corrected chi connectivity index (χ4v) is 3.43. The minimum Gasteiger partial charge on any atom is -0.353 e. The Kier molecular flexibility index (Phi) is 6.92. The lowest BCUT2D eigenvalue weighted by Crippen LogP contribution is -2.27. The van der Waals surface area contributed by atoms with Gasteiger partial charge in [0.25, 0.3) is 0 Å². The highest BCUT2D eigenvalue weighted by Gasteiger charge is 2.25. The second-order valence-corrected chi connectivity index (χ2v) is 7.03. The van der Waals surface area contributed by atoms with Gasteiger partial charge in [-0.05, 0) is 36.5 Å². The van der Waals surface area contributed by atoms with Crippen molar-refractivity contribution < 1.29 is 22.6 Å². The van der Waals surface area contributed by atoms with E-state index in [2.05, 4.69) is 13.5 Å². The number of unbranched alkanes of at least 4 members (excludes halogenated alkanes) is 1. The van der Waals surface area contributed by atoms with Crippen molar-refractivity contribution in [1.82, 2.24) is 0 Å².